The number of nitrogens with one attached hydrogen (secondary N) is 1. The van der Waals surface area contributed by atoms with Gasteiger partial charge in [0.25, 0.3) is 0 Å². The van der Waals surface area contributed by atoms with E-state index in [9.17, 15) is 8.42 Å². The average molecular weight is 448 g/mol. The molecule has 1 aliphatic rings. The minimum absolute atomic E-state index is 0.107. The summed E-state index contributed by atoms with van der Waals surface area (Å²) in [5.74, 6) is 0.107. The summed E-state index contributed by atoms with van der Waals surface area (Å²) >= 11 is 7.70. The van der Waals surface area contributed by atoms with E-state index in [4.69, 9.17) is 16.6 Å². The van der Waals surface area contributed by atoms with E-state index in [0.717, 1.165) is 35.1 Å². The molecule has 152 valence electrons. The van der Waals surface area contributed by atoms with E-state index in [2.05, 4.69) is 22.4 Å². The first-order chi connectivity index (χ1) is 14.0. The van der Waals surface area contributed by atoms with Crippen LogP contribution in [-0.2, 0) is 29.1 Å². The normalized spacial score (nSPS) is 16.5. The number of sulfone groups is 1. The summed E-state index contributed by atoms with van der Waals surface area (Å²) in [6.07, 6.45) is 6.04. The smallest absolute Gasteiger partial charge is 0.179 e. The van der Waals surface area contributed by atoms with Crippen molar-refractivity contribution in [3.8, 4) is 0 Å². The van der Waals surface area contributed by atoms with Gasteiger partial charge in [0.05, 0.1) is 27.4 Å². The highest BCUT2D eigenvalue weighted by Gasteiger charge is 2.24. The fourth-order valence-electron chi connectivity index (χ4n) is 3.52. The zero-order valence-electron chi connectivity index (χ0n) is 15.8. The molecule has 0 spiro atoms. The summed E-state index contributed by atoms with van der Waals surface area (Å²) in [7, 11) is -3.30. The largest absolute Gasteiger partial charge is 0.308 e. The van der Waals surface area contributed by atoms with Gasteiger partial charge in [0.2, 0.25) is 0 Å². The van der Waals surface area contributed by atoms with Crippen LogP contribution in [0.15, 0.2) is 53.7 Å². The Morgan fingerprint density at radius 3 is 2.79 bits per heavy atom. The number of hydrogen-bond donors (Lipinski definition) is 1. The Kier molecular flexibility index (Phi) is 6.29. The lowest BCUT2D eigenvalue weighted by molar-refractivity contribution is 0.495. The Hall–Kier alpha value is -1.80. The monoisotopic (exact) mass is 447 g/mol. The van der Waals surface area contributed by atoms with E-state index in [1.165, 1.54) is 16.6 Å². The van der Waals surface area contributed by atoms with Gasteiger partial charge in [0.1, 0.15) is 0 Å². The van der Waals surface area contributed by atoms with Gasteiger partial charge in [-0.2, -0.15) is 0 Å². The molecule has 3 aromatic rings. The van der Waals surface area contributed by atoms with Crippen LogP contribution in [-0.4, -0.2) is 30.7 Å². The van der Waals surface area contributed by atoms with Crippen LogP contribution in [0, 0.1) is 0 Å². The molecule has 0 amide bonds. The van der Waals surface area contributed by atoms with E-state index in [1.54, 1.807) is 29.7 Å². The molecule has 0 saturated carbocycles. The summed E-state index contributed by atoms with van der Waals surface area (Å²) in [4.78, 5) is 10.4. The van der Waals surface area contributed by atoms with E-state index in [-0.39, 0.29) is 16.7 Å². The first kappa shape index (κ1) is 20.5. The molecule has 0 aliphatic carbocycles. The van der Waals surface area contributed by atoms with Crippen molar-refractivity contribution >= 4 is 32.8 Å². The van der Waals surface area contributed by atoms with Crippen molar-refractivity contribution in [3.05, 3.63) is 75.0 Å². The first-order valence-electron chi connectivity index (χ1n) is 9.60. The Bertz CT molecular complexity index is 1070. The molecule has 29 heavy (non-hydrogen) atoms. The molecule has 0 saturated heterocycles. The van der Waals surface area contributed by atoms with Crippen LogP contribution in [0.25, 0.3) is 0 Å². The van der Waals surface area contributed by atoms with Crippen LogP contribution in [0.5, 0.6) is 0 Å². The van der Waals surface area contributed by atoms with Gasteiger partial charge in [-0.3, -0.25) is 4.98 Å². The number of fused-ring (bicyclic) bond motifs is 1. The van der Waals surface area contributed by atoms with Crippen molar-refractivity contribution in [1.29, 1.82) is 0 Å². The second-order valence-corrected chi connectivity index (χ2v) is 10.8. The maximum Gasteiger partial charge on any atom is 0.179 e. The lowest BCUT2D eigenvalue weighted by atomic mass is 9.99. The Balaban J connectivity index is 1.40. The molecule has 2 aromatic heterocycles. The van der Waals surface area contributed by atoms with Crippen molar-refractivity contribution in [1.82, 2.24) is 15.3 Å². The molecule has 0 radical (unpaired) electrons. The fraction of sp³-hybridized carbons (Fsp3) is 0.333. The van der Waals surface area contributed by atoms with Gasteiger partial charge in [-0.15, -0.1) is 11.3 Å². The van der Waals surface area contributed by atoms with Crippen LogP contribution in [0.1, 0.15) is 33.6 Å². The molecule has 8 heteroatoms. The third kappa shape index (κ3) is 5.04. The fourth-order valence-corrected chi connectivity index (χ4v) is 6.08. The number of nitrogens with zero attached hydrogens (tertiary/aromatic N) is 2. The van der Waals surface area contributed by atoms with Crippen LogP contribution < -0.4 is 5.32 Å². The van der Waals surface area contributed by atoms with Gasteiger partial charge in [-0.05, 0) is 49.1 Å². The minimum atomic E-state index is -3.30. The second-order valence-electron chi connectivity index (χ2n) is 7.11. The maximum absolute atomic E-state index is 12.4. The quantitative estimate of drug-likeness (QED) is 0.592. The van der Waals surface area contributed by atoms with E-state index < -0.39 is 9.84 Å². The molecule has 4 rings (SSSR count). The number of aryl methyl sites for hydroxylation is 1. The van der Waals surface area contributed by atoms with Gasteiger partial charge in [0, 0.05) is 35.3 Å². The lowest BCUT2D eigenvalue weighted by Crippen LogP contribution is -2.30. The van der Waals surface area contributed by atoms with Gasteiger partial charge in [0.15, 0.2) is 9.84 Å². The molecule has 1 unspecified atom stereocenters. The van der Waals surface area contributed by atoms with Crippen molar-refractivity contribution in [2.75, 3.05) is 12.3 Å². The number of halogens is 1. The molecular formula is C21H22ClN3O2S2. The highest BCUT2D eigenvalue weighted by molar-refractivity contribution is 7.91. The standard InChI is InChI=1S/C21H22ClN3O2S2/c22-16-7-5-15(6-8-16)13-18-21-19(9-11-24-18)28-20(25-21)4-2-12-29(26,27)17-3-1-10-23-14-17/h1,3,5-8,10,14,18,24H,2,4,9,11-13H2. The lowest BCUT2D eigenvalue weighted by Gasteiger charge is -2.23. The highest BCUT2D eigenvalue weighted by atomic mass is 35.5. The predicted molar refractivity (Wildman–Crippen MR) is 116 cm³/mol. The zero-order valence-corrected chi connectivity index (χ0v) is 18.2. The molecule has 1 aromatic carbocycles. The molecule has 0 fully saturated rings. The SMILES string of the molecule is O=S(=O)(CCCc1nc2c(s1)CCNC2Cc1ccc(Cl)cc1)c1cccnc1. The third-order valence-corrected chi connectivity index (χ3v) is 8.22. The number of rotatable bonds is 7. The molecule has 5 nitrogen and oxygen atoms in total. The van der Waals surface area contributed by atoms with Gasteiger partial charge in [-0.25, -0.2) is 13.4 Å². The summed E-state index contributed by atoms with van der Waals surface area (Å²) in [5, 5.41) is 5.32. The van der Waals surface area contributed by atoms with Crippen molar-refractivity contribution in [3.63, 3.8) is 0 Å². The molecule has 1 aliphatic heterocycles. The second kappa shape index (κ2) is 8.92. The van der Waals surface area contributed by atoms with Crippen molar-refractivity contribution < 1.29 is 8.42 Å². The molecule has 1 N–H and O–H groups in total. The zero-order chi connectivity index (χ0) is 20.3. The number of thiazole rings is 1. The van der Waals surface area contributed by atoms with Crippen LogP contribution in [0.2, 0.25) is 5.02 Å². The van der Waals surface area contributed by atoms with Crippen molar-refractivity contribution in [2.45, 2.75) is 36.6 Å². The summed E-state index contributed by atoms with van der Waals surface area (Å²) < 4.78 is 24.8. The van der Waals surface area contributed by atoms with Gasteiger partial charge < -0.3 is 5.32 Å². The van der Waals surface area contributed by atoms with Crippen molar-refractivity contribution in [2.24, 2.45) is 0 Å². The maximum atomic E-state index is 12.4. The van der Waals surface area contributed by atoms with Gasteiger partial charge >= 0.3 is 0 Å². The minimum Gasteiger partial charge on any atom is -0.308 e. The summed E-state index contributed by atoms with van der Waals surface area (Å²) in [6, 6.07) is 11.4. The first-order valence-corrected chi connectivity index (χ1v) is 12.4. The molecule has 3 heterocycles. The summed E-state index contributed by atoms with van der Waals surface area (Å²) in [5.41, 5.74) is 2.33. The topological polar surface area (TPSA) is 72.0 Å². The Morgan fingerprint density at radius 1 is 1.21 bits per heavy atom. The Labute approximate surface area is 180 Å². The van der Waals surface area contributed by atoms with Crippen LogP contribution in [0.3, 0.4) is 0 Å². The predicted octanol–water partition coefficient (Wildman–Crippen LogP) is 4.03. The number of pyridine rings is 1. The van der Waals surface area contributed by atoms with E-state index in [1.807, 2.05) is 12.1 Å². The van der Waals surface area contributed by atoms with Gasteiger partial charge in [-0.1, -0.05) is 23.7 Å². The summed E-state index contributed by atoms with van der Waals surface area (Å²) in [6.45, 7) is 0.933. The third-order valence-electron chi connectivity index (χ3n) is 5.00. The molecule has 0 bridgehead atoms. The van der Waals surface area contributed by atoms with Crippen LogP contribution in [0.4, 0.5) is 0 Å². The number of hydrogen-bond acceptors (Lipinski definition) is 6. The molecule has 1 atom stereocenters. The molecular weight excluding hydrogens is 426 g/mol. The average Bonchev–Trinajstić information content (AvgIpc) is 3.14. The van der Waals surface area contributed by atoms with E-state index >= 15 is 0 Å². The van der Waals surface area contributed by atoms with E-state index in [0.29, 0.717) is 12.8 Å². The number of aromatic nitrogens is 2. The Morgan fingerprint density at radius 2 is 2.03 bits per heavy atom. The van der Waals surface area contributed by atoms with Crippen LogP contribution >= 0.6 is 22.9 Å². The highest BCUT2D eigenvalue weighted by Crippen LogP contribution is 2.31. The number of benzene rings is 1.